The van der Waals surface area contributed by atoms with Gasteiger partial charge in [-0.25, -0.2) is 9.38 Å². The molecule has 0 aromatic heterocycles. The first-order valence-corrected chi connectivity index (χ1v) is 9.05. The van der Waals surface area contributed by atoms with Crippen molar-refractivity contribution in [3.63, 3.8) is 0 Å². The van der Waals surface area contributed by atoms with Crippen molar-refractivity contribution in [2.75, 3.05) is 27.9 Å². The van der Waals surface area contributed by atoms with Crippen LogP contribution in [0.5, 0.6) is 17.2 Å². The van der Waals surface area contributed by atoms with Crippen LogP contribution < -0.4 is 24.8 Å². The third kappa shape index (κ3) is 6.66. The van der Waals surface area contributed by atoms with Crippen molar-refractivity contribution >= 4 is 29.9 Å². The maximum atomic E-state index is 14.0. The third-order valence-corrected chi connectivity index (χ3v) is 4.11. The van der Waals surface area contributed by atoms with Crippen LogP contribution in [0.4, 0.5) is 4.39 Å². The fraction of sp³-hybridized carbons (Fsp3) is 0.333. The summed E-state index contributed by atoms with van der Waals surface area (Å²) < 4.78 is 30.0. The molecule has 0 aliphatic carbocycles. The fourth-order valence-corrected chi connectivity index (χ4v) is 2.70. The average molecular weight is 528 g/mol. The van der Waals surface area contributed by atoms with Gasteiger partial charge in [-0.3, -0.25) is 0 Å². The molecule has 0 amide bonds. The lowest BCUT2D eigenvalue weighted by molar-refractivity contribution is 0.324. The van der Waals surface area contributed by atoms with Crippen LogP contribution in [0.1, 0.15) is 23.6 Å². The summed E-state index contributed by atoms with van der Waals surface area (Å²) in [5.41, 5.74) is 1.65. The van der Waals surface area contributed by atoms with Gasteiger partial charge in [0.25, 0.3) is 0 Å². The Morgan fingerprint density at radius 1 is 1.07 bits per heavy atom. The Hall–Kier alpha value is -2.74. The Morgan fingerprint density at radius 2 is 1.73 bits per heavy atom. The molecule has 0 unspecified atom stereocenters. The summed E-state index contributed by atoms with van der Waals surface area (Å²) in [7, 11) is 4.66. The van der Waals surface area contributed by atoms with E-state index in [1.807, 2.05) is 25.1 Å². The van der Waals surface area contributed by atoms with Gasteiger partial charge in [0.2, 0.25) is 5.75 Å². The molecule has 0 aliphatic rings. The van der Waals surface area contributed by atoms with Crippen molar-refractivity contribution < 1.29 is 18.6 Å². The van der Waals surface area contributed by atoms with Crippen LogP contribution in [0.3, 0.4) is 0 Å². The van der Waals surface area contributed by atoms with Crippen molar-refractivity contribution in [3.8, 4) is 23.3 Å². The number of hydrogen-bond donors (Lipinski definition) is 2. The van der Waals surface area contributed by atoms with Crippen molar-refractivity contribution in [3.05, 3.63) is 52.8 Å². The summed E-state index contributed by atoms with van der Waals surface area (Å²) >= 11 is 0. The second kappa shape index (κ2) is 12.7. The molecule has 0 atom stereocenters. The van der Waals surface area contributed by atoms with Gasteiger partial charge >= 0.3 is 0 Å². The van der Waals surface area contributed by atoms with Gasteiger partial charge < -0.3 is 24.8 Å². The van der Waals surface area contributed by atoms with Crippen LogP contribution in [0.2, 0.25) is 0 Å². The number of nitrogens with zero attached hydrogens (tertiary/aromatic N) is 2. The Kier molecular flexibility index (Phi) is 10.7. The van der Waals surface area contributed by atoms with Gasteiger partial charge in [-0.1, -0.05) is 0 Å². The molecule has 2 aromatic carbocycles. The number of guanidine groups is 1. The first-order chi connectivity index (χ1) is 14.1. The minimum Gasteiger partial charge on any atom is -0.493 e. The van der Waals surface area contributed by atoms with E-state index in [2.05, 4.69) is 15.6 Å². The van der Waals surface area contributed by atoms with Gasteiger partial charge in [0, 0.05) is 18.7 Å². The molecule has 0 spiro atoms. The predicted molar refractivity (Wildman–Crippen MR) is 124 cm³/mol. The SMILES string of the molecule is CCNC(=NCc1cc(OC)c(OC)c(OC)c1)NCc1cc(C#N)ccc1F.I. The number of rotatable bonds is 8. The van der Waals surface area contributed by atoms with Crippen LogP contribution in [0.15, 0.2) is 35.3 Å². The van der Waals surface area contributed by atoms with Crippen LogP contribution in [-0.2, 0) is 13.1 Å². The highest BCUT2D eigenvalue weighted by molar-refractivity contribution is 14.0. The topological polar surface area (TPSA) is 87.9 Å². The molecule has 30 heavy (non-hydrogen) atoms. The molecule has 0 radical (unpaired) electrons. The Morgan fingerprint density at radius 3 is 2.27 bits per heavy atom. The average Bonchev–Trinajstić information content (AvgIpc) is 2.75. The van der Waals surface area contributed by atoms with Crippen molar-refractivity contribution in [1.82, 2.24) is 10.6 Å². The van der Waals surface area contributed by atoms with Crippen LogP contribution in [-0.4, -0.2) is 33.8 Å². The molecule has 2 N–H and O–H groups in total. The van der Waals surface area contributed by atoms with E-state index in [0.717, 1.165) is 5.56 Å². The van der Waals surface area contributed by atoms with E-state index < -0.39 is 0 Å². The lowest BCUT2D eigenvalue weighted by Crippen LogP contribution is -2.37. The second-order valence-corrected chi connectivity index (χ2v) is 6.00. The monoisotopic (exact) mass is 528 g/mol. The molecule has 9 heteroatoms. The number of nitrogens with one attached hydrogen (secondary N) is 2. The largest absolute Gasteiger partial charge is 0.493 e. The van der Waals surface area contributed by atoms with E-state index in [1.165, 1.54) is 18.2 Å². The van der Waals surface area contributed by atoms with Crippen molar-refractivity contribution in [2.24, 2.45) is 4.99 Å². The predicted octanol–water partition coefficient (Wildman–Crippen LogP) is 3.60. The van der Waals surface area contributed by atoms with Gasteiger partial charge in [-0.15, -0.1) is 24.0 Å². The summed E-state index contributed by atoms with van der Waals surface area (Å²) in [6.07, 6.45) is 0. The second-order valence-electron chi connectivity index (χ2n) is 6.00. The van der Waals surface area contributed by atoms with Crippen molar-refractivity contribution in [1.29, 1.82) is 5.26 Å². The molecule has 0 saturated carbocycles. The van der Waals surface area contributed by atoms with E-state index in [1.54, 1.807) is 21.3 Å². The van der Waals surface area contributed by atoms with Crippen LogP contribution >= 0.6 is 24.0 Å². The molecular formula is C21H26FIN4O3. The molecule has 2 aromatic rings. The zero-order chi connectivity index (χ0) is 21.2. The number of aliphatic imine (C=N–C) groups is 1. The summed E-state index contributed by atoms with van der Waals surface area (Å²) in [6, 6.07) is 9.91. The Labute approximate surface area is 193 Å². The van der Waals surface area contributed by atoms with Gasteiger partial charge in [0.15, 0.2) is 17.5 Å². The van der Waals surface area contributed by atoms with Gasteiger partial charge in [-0.2, -0.15) is 5.26 Å². The minimum atomic E-state index is -0.378. The number of halogens is 2. The molecule has 7 nitrogen and oxygen atoms in total. The molecular weight excluding hydrogens is 502 g/mol. The maximum absolute atomic E-state index is 14.0. The van der Waals surface area contributed by atoms with E-state index >= 15 is 0 Å². The highest BCUT2D eigenvalue weighted by atomic mass is 127. The minimum absolute atomic E-state index is 0. The van der Waals surface area contributed by atoms with Gasteiger partial charge in [0.1, 0.15) is 5.82 Å². The number of methoxy groups -OCH3 is 3. The zero-order valence-corrected chi connectivity index (χ0v) is 19.7. The number of nitriles is 1. The molecule has 0 fully saturated rings. The van der Waals surface area contributed by atoms with Crippen LogP contribution in [0, 0.1) is 17.1 Å². The summed E-state index contributed by atoms with van der Waals surface area (Å²) in [6.45, 7) is 3.12. The standard InChI is InChI=1S/C21H25FN4O3.HI/c1-5-24-21(26-13-16-8-14(11-23)6-7-17(16)22)25-12-15-9-18(27-2)20(29-4)19(10-15)28-3;/h6-10H,5,12-13H2,1-4H3,(H2,24,25,26);1H. The van der Waals surface area contributed by atoms with E-state index in [4.69, 9.17) is 19.5 Å². The highest BCUT2D eigenvalue weighted by Gasteiger charge is 2.13. The third-order valence-electron chi connectivity index (χ3n) is 4.11. The molecule has 0 aliphatic heterocycles. The Bertz CT molecular complexity index is 891. The number of ether oxygens (including phenoxy) is 3. The molecule has 0 bridgehead atoms. The normalized spacial score (nSPS) is 10.5. The quantitative estimate of drug-likeness (QED) is 0.310. The number of benzene rings is 2. The smallest absolute Gasteiger partial charge is 0.203 e. The summed E-state index contributed by atoms with van der Waals surface area (Å²) in [5.74, 6) is 1.75. The first-order valence-electron chi connectivity index (χ1n) is 9.05. The Balaban J connectivity index is 0.00000450. The molecule has 2 rings (SSSR count). The first kappa shape index (κ1) is 25.3. The van der Waals surface area contributed by atoms with Gasteiger partial charge in [0.05, 0.1) is 39.5 Å². The lowest BCUT2D eigenvalue weighted by atomic mass is 10.1. The molecule has 0 saturated heterocycles. The highest BCUT2D eigenvalue weighted by Crippen LogP contribution is 2.38. The maximum Gasteiger partial charge on any atom is 0.203 e. The van der Waals surface area contributed by atoms with Crippen molar-refractivity contribution in [2.45, 2.75) is 20.0 Å². The fourth-order valence-electron chi connectivity index (χ4n) is 2.70. The van der Waals surface area contributed by atoms with Crippen LogP contribution in [0.25, 0.3) is 0 Å². The summed E-state index contributed by atoms with van der Waals surface area (Å²) in [5, 5.41) is 15.2. The van der Waals surface area contributed by atoms with E-state index in [0.29, 0.717) is 47.4 Å². The van der Waals surface area contributed by atoms with E-state index in [-0.39, 0.29) is 36.3 Å². The summed E-state index contributed by atoms with van der Waals surface area (Å²) in [4.78, 5) is 4.53. The lowest BCUT2D eigenvalue weighted by Gasteiger charge is -2.14. The molecule has 0 heterocycles. The molecule has 162 valence electrons. The van der Waals surface area contributed by atoms with E-state index in [9.17, 15) is 4.39 Å². The van der Waals surface area contributed by atoms with Gasteiger partial charge in [-0.05, 0) is 42.8 Å². The zero-order valence-electron chi connectivity index (χ0n) is 17.4. The number of hydrogen-bond acceptors (Lipinski definition) is 5.